The van der Waals surface area contributed by atoms with Crippen LogP contribution in [0.15, 0.2) is 209 Å². The molecule has 1 aliphatic heterocycles. The van der Waals surface area contributed by atoms with Crippen molar-refractivity contribution < 1.29 is 4.42 Å². The van der Waals surface area contributed by atoms with Crippen molar-refractivity contribution >= 4 is 77.0 Å². The van der Waals surface area contributed by atoms with E-state index < -0.39 is 0 Å². The first-order chi connectivity index (χ1) is 28.7. The summed E-state index contributed by atoms with van der Waals surface area (Å²) in [5, 5.41) is 13.3. The van der Waals surface area contributed by atoms with Crippen molar-refractivity contribution in [2.75, 3.05) is 0 Å². The average Bonchev–Trinajstić information content (AvgIpc) is 3.83. The molecule has 11 aromatic rings. The Bertz CT molecular complexity index is 3460. The van der Waals surface area contributed by atoms with Crippen LogP contribution in [0.5, 0.6) is 0 Å². The van der Waals surface area contributed by atoms with E-state index in [0.717, 1.165) is 61.3 Å². The number of fused-ring (bicyclic) bond motifs is 9. The number of aromatic nitrogens is 1. The molecule has 0 bridgehead atoms. The van der Waals surface area contributed by atoms with Gasteiger partial charge in [0.05, 0.1) is 11.0 Å². The van der Waals surface area contributed by atoms with Crippen LogP contribution in [0.1, 0.15) is 22.9 Å². The van der Waals surface area contributed by atoms with Crippen LogP contribution in [-0.4, -0.2) is 16.2 Å². The van der Waals surface area contributed by atoms with Crippen molar-refractivity contribution in [3.8, 4) is 16.8 Å². The van der Waals surface area contributed by atoms with Gasteiger partial charge in [0, 0.05) is 38.4 Å². The first kappa shape index (κ1) is 32.5. The number of hydrogen-bond acceptors (Lipinski definition) is 4. The molecule has 2 aromatic heterocycles. The maximum absolute atomic E-state index is 6.12. The van der Waals surface area contributed by atoms with Gasteiger partial charge in [0.15, 0.2) is 5.84 Å². The van der Waals surface area contributed by atoms with Crippen LogP contribution >= 0.6 is 0 Å². The van der Waals surface area contributed by atoms with Crippen molar-refractivity contribution in [2.24, 2.45) is 9.98 Å². The lowest BCUT2D eigenvalue weighted by Gasteiger charge is -2.24. The van der Waals surface area contributed by atoms with Gasteiger partial charge in [-0.25, -0.2) is 9.98 Å². The number of amidine groups is 2. The molecule has 5 heteroatoms. The van der Waals surface area contributed by atoms with Gasteiger partial charge in [0.25, 0.3) is 0 Å². The van der Waals surface area contributed by atoms with E-state index >= 15 is 0 Å². The highest BCUT2D eigenvalue weighted by atomic mass is 16.3. The fourth-order valence-electron chi connectivity index (χ4n) is 8.77. The van der Waals surface area contributed by atoms with E-state index in [9.17, 15) is 0 Å². The highest BCUT2D eigenvalue weighted by molar-refractivity contribution is 6.23. The Morgan fingerprint density at radius 3 is 1.91 bits per heavy atom. The fourth-order valence-corrected chi connectivity index (χ4v) is 8.77. The minimum atomic E-state index is -0.321. The molecule has 272 valence electrons. The number of rotatable bonds is 5. The molecule has 0 saturated carbocycles. The zero-order valence-electron chi connectivity index (χ0n) is 31.3. The van der Waals surface area contributed by atoms with Crippen molar-refractivity contribution in [1.29, 1.82) is 0 Å². The first-order valence-electron chi connectivity index (χ1n) is 19.7. The smallest absolute Gasteiger partial charge is 0.159 e. The highest BCUT2D eigenvalue weighted by Gasteiger charge is 2.22. The Kier molecular flexibility index (Phi) is 7.23. The second kappa shape index (κ2) is 12.9. The van der Waals surface area contributed by atoms with Crippen molar-refractivity contribution in [3.05, 3.63) is 211 Å². The van der Waals surface area contributed by atoms with E-state index in [1.165, 1.54) is 43.4 Å². The van der Waals surface area contributed by atoms with E-state index in [-0.39, 0.29) is 6.17 Å². The average molecular weight is 743 g/mol. The number of aliphatic imine (C=N–C) groups is 2. The molecule has 9 aromatic carbocycles. The van der Waals surface area contributed by atoms with Gasteiger partial charge in [0.2, 0.25) is 0 Å². The zero-order valence-corrected chi connectivity index (χ0v) is 31.3. The summed E-state index contributed by atoms with van der Waals surface area (Å²) >= 11 is 0. The molecule has 0 amide bonds. The lowest BCUT2D eigenvalue weighted by molar-refractivity contribution is 0.668. The minimum absolute atomic E-state index is 0.321. The Balaban J connectivity index is 0.905. The SMILES string of the molecule is c1ccc(C2=NC(c3ccc4oc5ccccc5c4c3)=NC(c3ccc(-c4ccc(-n5c6cc7ccccc7cc6c6c7ccccc7ccc65)cc4)cc3)N2)cc1. The van der Waals surface area contributed by atoms with Crippen LogP contribution in [-0.2, 0) is 0 Å². The van der Waals surface area contributed by atoms with Crippen molar-refractivity contribution in [2.45, 2.75) is 6.17 Å². The summed E-state index contributed by atoms with van der Waals surface area (Å²) in [5.41, 5.74) is 10.6. The highest BCUT2D eigenvalue weighted by Crippen LogP contribution is 2.39. The van der Waals surface area contributed by atoms with Crippen LogP contribution in [0.2, 0.25) is 0 Å². The predicted molar refractivity (Wildman–Crippen MR) is 240 cm³/mol. The van der Waals surface area contributed by atoms with Gasteiger partial charge in [-0.2, -0.15) is 0 Å². The van der Waals surface area contributed by atoms with Crippen LogP contribution in [0.4, 0.5) is 0 Å². The summed E-state index contributed by atoms with van der Waals surface area (Å²) in [6, 6.07) is 68.8. The van der Waals surface area contributed by atoms with Crippen molar-refractivity contribution in [3.63, 3.8) is 0 Å². The molecule has 0 aliphatic carbocycles. The summed E-state index contributed by atoms with van der Waals surface area (Å²) in [4.78, 5) is 10.2. The first-order valence-corrected chi connectivity index (χ1v) is 19.7. The summed E-state index contributed by atoms with van der Waals surface area (Å²) in [5.74, 6) is 1.47. The fraction of sp³-hybridized carbons (Fsp3) is 0.0189. The van der Waals surface area contributed by atoms with E-state index in [1.54, 1.807) is 0 Å². The topological polar surface area (TPSA) is 54.8 Å². The van der Waals surface area contributed by atoms with Crippen LogP contribution in [0.25, 0.3) is 82.1 Å². The van der Waals surface area contributed by atoms with Crippen LogP contribution < -0.4 is 5.32 Å². The maximum atomic E-state index is 6.12. The summed E-state index contributed by atoms with van der Waals surface area (Å²) in [7, 11) is 0. The van der Waals surface area contributed by atoms with E-state index in [4.69, 9.17) is 14.4 Å². The maximum Gasteiger partial charge on any atom is 0.159 e. The molecule has 5 nitrogen and oxygen atoms in total. The lowest BCUT2D eigenvalue weighted by Crippen LogP contribution is -2.33. The third-order valence-corrected chi connectivity index (χ3v) is 11.6. The monoisotopic (exact) mass is 742 g/mol. The van der Waals surface area contributed by atoms with Gasteiger partial charge in [-0.3, -0.25) is 0 Å². The van der Waals surface area contributed by atoms with Crippen LogP contribution in [0, 0.1) is 0 Å². The Morgan fingerprint density at radius 2 is 1.10 bits per heavy atom. The third kappa shape index (κ3) is 5.25. The molecule has 12 rings (SSSR count). The standard InChI is InChI=1S/C53H34N4O/c1-2-11-36(12-3-1)51-54-52(56-53(55-51)40-25-29-49-44(31-40)43-16-8-9-17-48(43)58-49)37-20-18-33(19-21-37)34-22-26-41(27-23-34)57-46-28-24-35-10-6-7-15-42(35)50(46)45-30-38-13-4-5-14-39(38)32-47(45)57/h1-32,52H,(H,54,55,56). The quantitative estimate of drug-likeness (QED) is 0.191. The Morgan fingerprint density at radius 1 is 0.448 bits per heavy atom. The molecule has 1 aliphatic rings. The molecule has 1 N–H and O–H groups in total. The summed E-state index contributed by atoms with van der Waals surface area (Å²) in [6.45, 7) is 0. The Labute approximate surface area is 333 Å². The molecule has 0 spiro atoms. The molecule has 1 unspecified atom stereocenters. The van der Waals surface area contributed by atoms with E-state index in [0.29, 0.717) is 5.84 Å². The molecular formula is C53H34N4O. The lowest BCUT2D eigenvalue weighted by atomic mass is 10.0. The second-order valence-electron chi connectivity index (χ2n) is 15.0. The molecule has 0 fully saturated rings. The molecule has 0 saturated heterocycles. The van der Waals surface area contributed by atoms with Crippen LogP contribution in [0.3, 0.4) is 0 Å². The number of para-hydroxylation sites is 1. The molecule has 3 heterocycles. The predicted octanol–water partition coefficient (Wildman–Crippen LogP) is 13.2. The van der Waals surface area contributed by atoms with Gasteiger partial charge in [-0.1, -0.05) is 140 Å². The summed E-state index contributed by atoms with van der Waals surface area (Å²) in [6.07, 6.45) is -0.321. The van der Waals surface area contributed by atoms with E-state index in [2.05, 4.69) is 162 Å². The number of furan rings is 1. The van der Waals surface area contributed by atoms with Gasteiger partial charge >= 0.3 is 0 Å². The molecule has 0 radical (unpaired) electrons. The molecule has 1 atom stereocenters. The minimum Gasteiger partial charge on any atom is -0.456 e. The van der Waals surface area contributed by atoms with Gasteiger partial charge in [-0.05, 0) is 92.8 Å². The van der Waals surface area contributed by atoms with Gasteiger partial charge < -0.3 is 14.3 Å². The molecular weight excluding hydrogens is 709 g/mol. The summed E-state index contributed by atoms with van der Waals surface area (Å²) < 4.78 is 8.54. The third-order valence-electron chi connectivity index (χ3n) is 11.6. The number of hydrogen-bond donors (Lipinski definition) is 1. The van der Waals surface area contributed by atoms with Gasteiger partial charge in [-0.15, -0.1) is 0 Å². The van der Waals surface area contributed by atoms with E-state index in [1.807, 2.05) is 42.5 Å². The Hall–Kier alpha value is -7.76. The van der Waals surface area contributed by atoms with Gasteiger partial charge in [0.1, 0.15) is 23.2 Å². The number of benzene rings is 9. The molecule has 58 heavy (non-hydrogen) atoms. The van der Waals surface area contributed by atoms with Crippen molar-refractivity contribution in [1.82, 2.24) is 9.88 Å². The number of nitrogens with zero attached hydrogens (tertiary/aromatic N) is 3. The zero-order chi connectivity index (χ0) is 38.2. The second-order valence-corrected chi connectivity index (χ2v) is 15.0. The normalized spacial score (nSPS) is 14.4. The number of nitrogens with one attached hydrogen (secondary N) is 1. The largest absolute Gasteiger partial charge is 0.456 e.